The number of carbonyl (C=O) groups is 1. The van der Waals surface area contributed by atoms with Crippen LogP contribution >= 0.6 is 0 Å². The summed E-state index contributed by atoms with van der Waals surface area (Å²) < 4.78 is 24.9. The van der Waals surface area contributed by atoms with E-state index in [-0.39, 0.29) is 5.91 Å². The fourth-order valence-electron chi connectivity index (χ4n) is 2.28. The van der Waals surface area contributed by atoms with Crippen molar-refractivity contribution in [2.75, 3.05) is 16.3 Å². The number of rotatable bonds is 4. The van der Waals surface area contributed by atoms with Gasteiger partial charge in [0.05, 0.1) is 23.7 Å². The number of nitrogens with zero attached hydrogens (tertiary/aromatic N) is 1. The van der Waals surface area contributed by atoms with Crippen LogP contribution in [-0.2, 0) is 10.0 Å². The van der Waals surface area contributed by atoms with E-state index in [0.29, 0.717) is 16.9 Å². The molecule has 0 aliphatic carbocycles. The minimum Gasteiger partial charge on any atom is -0.321 e. The number of carbonyl (C=O) groups excluding carboxylic acids is 1. The van der Waals surface area contributed by atoms with Gasteiger partial charge in [0.2, 0.25) is 10.0 Å². The molecule has 2 N–H and O–H groups in total. The lowest BCUT2D eigenvalue weighted by molar-refractivity contribution is 0.102. The van der Waals surface area contributed by atoms with Gasteiger partial charge in [-0.25, -0.2) is 8.42 Å². The van der Waals surface area contributed by atoms with Gasteiger partial charge in [0.15, 0.2) is 0 Å². The minimum atomic E-state index is -3.39. The molecule has 1 aromatic heterocycles. The first kappa shape index (κ1) is 15.9. The molecule has 0 spiro atoms. The number of benzene rings is 2. The van der Waals surface area contributed by atoms with Crippen LogP contribution in [0.2, 0.25) is 0 Å². The van der Waals surface area contributed by atoms with Crippen molar-refractivity contribution < 1.29 is 13.2 Å². The monoisotopic (exact) mass is 341 g/mol. The van der Waals surface area contributed by atoms with Gasteiger partial charge in [-0.2, -0.15) is 0 Å². The Balaban J connectivity index is 1.82. The molecule has 0 aliphatic rings. The number of nitrogens with one attached hydrogen (secondary N) is 2. The summed E-state index contributed by atoms with van der Waals surface area (Å²) in [6.45, 7) is 0. The molecule has 3 aromatic rings. The van der Waals surface area contributed by atoms with Gasteiger partial charge in [0, 0.05) is 16.6 Å². The summed E-state index contributed by atoms with van der Waals surface area (Å²) in [6.07, 6.45) is 2.64. The summed E-state index contributed by atoms with van der Waals surface area (Å²) in [5.74, 6) is -0.343. The molecule has 0 atom stereocenters. The lowest BCUT2D eigenvalue weighted by Crippen LogP contribution is -2.14. The number of anilines is 2. The topological polar surface area (TPSA) is 88.2 Å². The number of amides is 1. The molecule has 122 valence electrons. The molecule has 2 aromatic carbocycles. The van der Waals surface area contributed by atoms with Gasteiger partial charge in [-0.1, -0.05) is 24.3 Å². The second-order valence-corrected chi connectivity index (χ2v) is 7.07. The summed E-state index contributed by atoms with van der Waals surface area (Å²) in [7, 11) is -3.39. The Bertz CT molecular complexity index is 1020. The molecule has 0 fully saturated rings. The highest BCUT2D eigenvalue weighted by Gasteiger charge is 2.09. The molecule has 0 saturated carbocycles. The van der Waals surface area contributed by atoms with Crippen molar-refractivity contribution >= 4 is 38.2 Å². The first-order valence-electron chi connectivity index (χ1n) is 7.15. The third-order valence-corrected chi connectivity index (χ3v) is 3.88. The molecular formula is C17H15N3O3S. The van der Waals surface area contributed by atoms with E-state index < -0.39 is 10.0 Å². The summed E-state index contributed by atoms with van der Waals surface area (Å²) in [5, 5.41) is 3.68. The van der Waals surface area contributed by atoms with Gasteiger partial charge in [0.25, 0.3) is 5.91 Å². The third-order valence-electron chi connectivity index (χ3n) is 3.28. The standard InChI is InChI=1S/C17H15N3O3S/c1-24(22,23)20-14-7-4-6-13(10-14)17(21)19-15-9-12-5-2-3-8-16(12)18-11-15/h2-11,20H,1H3,(H,19,21). The molecule has 0 aliphatic heterocycles. The molecule has 24 heavy (non-hydrogen) atoms. The van der Waals surface area contributed by atoms with Crippen LogP contribution in [0.25, 0.3) is 10.9 Å². The van der Waals surface area contributed by atoms with Crippen molar-refractivity contribution in [3.05, 3.63) is 66.4 Å². The molecular weight excluding hydrogens is 326 g/mol. The van der Waals surface area contributed by atoms with E-state index >= 15 is 0 Å². The molecule has 3 rings (SSSR count). The van der Waals surface area contributed by atoms with Crippen molar-refractivity contribution in [1.29, 1.82) is 0 Å². The van der Waals surface area contributed by atoms with Gasteiger partial charge < -0.3 is 5.32 Å². The highest BCUT2D eigenvalue weighted by molar-refractivity contribution is 7.92. The average molecular weight is 341 g/mol. The zero-order valence-electron chi connectivity index (χ0n) is 12.9. The van der Waals surface area contributed by atoms with Crippen LogP contribution in [0.15, 0.2) is 60.8 Å². The Hall–Kier alpha value is -2.93. The van der Waals surface area contributed by atoms with Crippen molar-refractivity contribution in [3.63, 3.8) is 0 Å². The van der Waals surface area contributed by atoms with Crippen molar-refractivity contribution in [3.8, 4) is 0 Å². The largest absolute Gasteiger partial charge is 0.321 e. The molecule has 0 saturated heterocycles. The summed E-state index contributed by atoms with van der Waals surface area (Å²) in [4.78, 5) is 16.6. The number of aromatic nitrogens is 1. The highest BCUT2D eigenvalue weighted by atomic mass is 32.2. The predicted octanol–water partition coefficient (Wildman–Crippen LogP) is 2.86. The lowest BCUT2D eigenvalue weighted by atomic mass is 10.2. The highest BCUT2D eigenvalue weighted by Crippen LogP contribution is 2.18. The molecule has 1 amide bonds. The van der Waals surface area contributed by atoms with Crippen LogP contribution in [0.1, 0.15) is 10.4 Å². The van der Waals surface area contributed by atoms with E-state index in [2.05, 4.69) is 15.0 Å². The van der Waals surface area contributed by atoms with E-state index in [1.54, 1.807) is 24.4 Å². The maximum Gasteiger partial charge on any atom is 0.255 e. The summed E-state index contributed by atoms with van der Waals surface area (Å²) in [5.41, 5.74) is 2.09. The Kier molecular flexibility index (Phi) is 4.18. The number of hydrogen-bond acceptors (Lipinski definition) is 4. The number of sulfonamides is 1. The summed E-state index contributed by atoms with van der Waals surface area (Å²) in [6, 6.07) is 15.7. The van der Waals surface area contributed by atoms with E-state index in [0.717, 1.165) is 17.2 Å². The van der Waals surface area contributed by atoms with E-state index in [1.165, 1.54) is 6.07 Å². The van der Waals surface area contributed by atoms with Gasteiger partial charge in [0.1, 0.15) is 0 Å². The average Bonchev–Trinajstić information content (AvgIpc) is 2.53. The Morgan fingerprint density at radius 1 is 1.00 bits per heavy atom. The van der Waals surface area contributed by atoms with Crippen LogP contribution in [-0.4, -0.2) is 25.6 Å². The second-order valence-electron chi connectivity index (χ2n) is 5.33. The van der Waals surface area contributed by atoms with Crippen LogP contribution in [0.5, 0.6) is 0 Å². The van der Waals surface area contributed by atoms with Crippen molar-refractivity contribution in [2.45, 2.75) is 0 Å². The summed E-state index contributed by atoms with van der Waals surface area (Å²) >= 11 is 0. The molecule has 6 nitrogen and oxygen atoms in total. The number of pyridine rings is 1. The van der Waals surface area contributed by atoms with Gasteiger partial charge >= 0.3 is 0 Å². The first-order valence-corrected chi connectivity index (χ1v) is 9.04. The van der Waals surface area contributed by atoms with Crippen LogP contribution in [0.3, 0.4) is 0 Å². The predicted molar refractivity (Wildman–Crippen MR) is 94.6 cm³/mol. The SMILES string of the molecule is CS(=O)(=O)Nc1cccc(C(=O)Nc2cnc3ccccc3c2)c1. The van der Waals surface area contributed by atoms with Crippen LogP contribution in [0, 0.1) is 0 Å². The molecule has 0 unspecified atom stereocenters. The van der Waals surface area contributed by atoms with Crippen molar-refractivity contribution in [2.24, 2.45) is 0 Å². The number of fused-ring (bicyclic) bond motifs is 1. The quantitative estimate of drug-likeness (QED) is 0.764. The van der Waals surface area contributed by atoms with Crippen LogP contribution in [0.4, 0.5) is 11.4 Å². The Labute approximate surface area is 139 Å². The van der Waals surface area contributed by atoms with E-state index in [1.807, 2.05) is 30.3 Å². The van der Waals surface area contributed by atoms with Crippen LogP contribution < -0.4 is 10.0 Å². The smallest absolute Gasteiger partial charge is 0.255 e. The minimum absolute atomic E-state index is 0.335. The maximum atomic E-state index is 12.4. The zero-order valence-corrected chi connectivity index (χ0v) is 13.7. The van der Waals surface area contributed by atoms with E-state index in [4.69, 9.17) is 0 Å². The van der Waals surface area contributed by atoms with Gasteiger partial charge in [-0.05, 0) is 30.3 Å². The lowest BCUT2D eigenvalue weighted by Gasteiger charge is -2.08. The Morgan fingerprint density at radius 2 is 1.79 bits per heavy atom. The fraction of sp³-hybridized carbons (Fsp3) is 0.0588. The normalized spacial score (nSPS) is 11.2. The first-order chi connectivity index (χ1) is 11.4. The zero-order chi connectivity index (χ0) is 17.2. The molecule has 0 bridgehead atoms. The molecule has 0 radical (unpaired) electrons. The molecule has 1 heterocycles. The van der Waals surface area contributed by atoms with Crippen molar-refractivity contribution in [1.82, 2.24) is 4.98 Å². The van der Waals surface area contributed by atoms with Gasteiger partial charge in [-0.15, -0.1) is 0 Å². The maximum absolute atomic E-state index is 12.4. The van der Waals surface area contributed by atoms with E-state index in [9.17, 15) is 13.2 Å². The number of para-hydroxylation sites is 1. The molecule has 7 heteroatoms. The fourth-order valence-corrected chi connectivity index (χ4v) is 2.84. The third kappa shape index (κ3) is 3.88. The number of hydrogen-bond donors (Lipinski definition) is 2. The Morgan fingerprint density at radius 3 is 2.58 bits per heavy atom. The second kappa shape index (κ2) is 6.29. The van der Waals surface area contributed by atoms with Gasteiger partial charge in [-0.3, -0.25) is 14.5 Å².